The Hall–Kier alpha value is -0.170. The first-order valence-corrected chi connectivity index (χ1v) is 8.46. The summed E-state index contributed by atoms with van der Waals surface area (Å²) in [5, 5.41) is 3.00. The van der Waals surface area contributed by atoms with Gasteiger partial charge in [0.15, 0.2) is 0 Å². The molecule has 0 aromatic rings. The van der Waals surface area contributed by atoms with Crippen LogP contribution >= 0.6 is 0 Å². The Bertz CT molecular complexity index is 346. The largest absolute Gasteiger partial charge is 0.377 e. The fourth-order valence-corrected chi connectivity index (χ4v) is 4.72. The van der Waals surface area contributed by atoms with Gasteiger partial charge in [0.05, 0.1) is 11.4 Å². The summed E-state index contributed by atoms with van der Waals surface area (Å²) in [7, 11) is -3.15. The Morgan fingerprint density at radius 2 is 2.00 bits per heavy atom. The molecule has 1 N–H and O–H groups in total. The first-order valence-electron chi connectivity index (χ1n) is 6.96. The fraction of sp³-hybridized carbons (Fsp3) is 1.00. The third-order valence-electron chi connectivity index (χ3n) is 3.85. The molecule has 106 valence electrons. The minimum absolute atomic E-state index is 0.0986. The molecule has 1 atom stereocenters. The molecular weight excluding hydrogens is 252 g/mol. The Balaban J connectivity index is 1.99. The fourth-order valence-electron chi connectivity index (χ4n) is 2.73. The van der Waals surface area contributed by atoms with Crippen molar-refractivity contribution in [2.45, 2.75) is 44.0 Å². The van der Waals surface area contributed by atoms with Crippen molar-refractivity contribution in [1.29, 1.82) is 0 Å². The van der Waals surface area contributed by atoms with E-state index >= 15 is 0 Å². The highest BCUT2D eigenvalue weighted by Gasteiger charge is 2.34. The number of hydrogen-bond donors (Lipinski definition) is 1. The second kappa shape index (κ2) is 6.32. The van der Waals surface area contributed by atoms with Crippen molar-refractivity contribution in [3.05, 3.63) is 0 Å². The second-order valence-corrected chi connectivity index (χ2v) is 7.29. The summed E-state index contributed by atoms with van der Waals surface area (Å²) in [4.78, 5) is 0. The van der Waals surface area contributed by atoms with E-state index in [-0.39, 0.29) is 11.4 Å². The highest BCUT2D eigenvalue weighted by molar-refractivity contribution is 7.89. The molecule has 2 heterocycles. The molecule has 2 fully saturated rings. The van der Waals surface area contributed by atoms with Gasteiger partial charge in [-0.05, 0) is 38.8 Å². The minimum Gasteiger partial charge on any atom is -0.377 e. The number of hydrogen-bond acceptors (Lipinski definition) is 4. The van der Waals surface area contributed by atoms with Gasteiger partial charge in [-0.3, -0.25) is 0 Å². The highest BCUT2D eigenvalue weighted by Crippen LogP contribution is 2.21. The van der Waals surface area contributed by atoms with E-state index in [4.69, 9.17) is 4.74 Å². The van der Waals surface area contributed by atoms with Crippen LogP contribution in [0.25, 0.3) is 0 Å². The second-order valence-electron chi connectivity index (χ2n) is 5.08. The number of sulfonamides is 1. The van der Waals surface area contributed by atoms with Gasteiger partial charge in [0.1, 0.15) is 0 Å². The summed E-state index contributed by atoms with van der Waals surface area (Å²) >= 11 is 0. The molecule has 0 aromatic carbocycles. The third kappa shape index (κ3) is 3.23. The van der Waals surface area contributed by atoms with Crippen LogP contribution in [0.15, 0.2) is 0 Å². The summed E-state index contributed by atoms with van der Waals surface area (Å²) in [5.41, 5.74) is 0. The molecule has 0 saturated carbocycles. The van der Waals surface area contributed by atoms with Crippen LogP contribution in [0.1, 0.15) is 32.6 Å². The van der Waals surface area contributed by atoms with Crippen LogP contribution in [0.3, 0.4) is 0 Å². The van der Waals surface area contributed by atoms with E-state index in [1.165, 1.54) is 0 Å². The number of ether oxygens (including phenoxy) is 1. The lowest BCUT2D eigenvalue weighted by Gasteiger charge is -2.30. The zero-order valence-electron chi connectivity index (χ0n) is 11.1. The lowest BCUT2D eigenvalue weighted by molar-refractivity contribution is 0.0943. The quantitative estimate of drug-likeness (QED) is 0.797. The van der Waals surface area contributed by atoms with Gasteiger partial charge in [-0.25, -0.2) is 8.42 Å². The van der Waals surface area contributed by atoms with Crippen LogP contribution in [-0.4, -0.2) is 56.9 Å². The van der Waals surface area contributed by atoms with Gasteiger partial charge in [-0.15, -0.1) is 0 Å². The molecule has 0 aromatic heterocycles. The maximum absolute atomic E-state index is 12.5. The molecule has 0 aliphatic carbocycles. The van der Waals surface area contributed by atoms with Crippen molar-refractivity contribution >= 4 is 10.0 Å². The average Bonchev–Trinajstić information content (AvgIpc) is 2.89. The molecule has 18 heavy (non-hydrogen) atoms. The van der Waals surface area contributed by atoms with E-state index in [2.05, 4.69) is 5.32 Å². The smallest absolute Gasteiger partial charge is 0.217 e. The molecule has 6 heteroatoms. The predicted octanol–water partition coefficient (Wildman–Crippen LogP) is 0.569. The summed E-state index contributed by atoms with van der Waals surface area (Å²) in [6, 6.07) is 0. The van der Waals surface area contributed by atoms with Gasteiger partial charge in [-0.2, -0.15) is 4.31 Å². The number of nitrogens with one attached hydrogen (secondary N) is 1. The maximum atomic E-state index is 12.5. The van der Waals surface area contributed by atoms with Crippen molar-refractivity contribution < 1.29 is 13.2 Å². The number of piperidine rings is 1. The zero-order chi connectivity index (χ0) is 13.0. The third-order valence-corrected chi connectivity index (χ3v) is 6.29. The van der Waals surface area contributed by atoms with E-state index in [1.54, 1.807) is 4.31 Å². The van der Waals surface area contributed by atoms with Gasteiger partial charge >= 0.3 is 0 Å². The Morgan fingerprint density at radius 1 is 1.28 bits per heavy atom. The van der Waals surface area contributed by atoms with Gasteiger partial charge in [-0.1, -0.05) is 6.92 Å². The molecule has 2 aliphatic heterocycles. The monoisotopic (exact) mass is 276 g/mol. The van der Waals surface area contributed by atoms with E-state index in [1.807, 2.05) is 6.92 Å². The van der Waals surface area contributed by atoms with E-state index in [0.717, 1.165) is 45.4 Å². The first kappa shape index (κ1) is 14.2. The number of likely N-dealkylation sites (N-methyl/N-ethyl adjacent to an activating group) is 1. The molecule has 2 aliphatic rings. The van der Waals surface area contributed by atoms with Crippen molar-refractivity contribution in [3.8, 4) is 0 Å². The van der Waals surface area contributed by atoms with Crippen LogP contribution in [0.4, 0.5) is 0 Å². The van der Waals surface area contributed by atoms with Crippen LogP contribution in [-0.2, 0) is 14.8 Å². The first-order chi connectivity index (χ1) is 8.64. The van der Waals surface area contributed by atoms with Crippen molar-refractivity contribution in [3.63, 3.8) is 0 Å². The molecule has 2 rings (SSSR count). The standard InChI is InChI=1S/C12H24N2O3S/c1-2-14(10-11-4-3-9-17-11)18(15,16)12-5-7-13-8-6-12/h11-13H,2-10H2,1H3. The molecule has 0 bridgehead atoms. The maximum Gasteiger partial charge on any atom is 0.217 e. The molecular formula is C12H24N2O3S. The normalized spacial score (nSPS) is 26.9. The van der Waals surface area contributed by atoms with Gasteiger partial charge in [0, 0.05) is 19.7 Å². The van der Waals surface area contributed by atoms with Gasteiger partial charge in [0.25, 0.3) is 0 Å². The SMILES string of the molecule is CCN(CC1CCCO1)S(=O)(=O)C1CCNCC1. The molecule has 1 unspecified atom stereocenters. The molecule has 5 nitrogen and oxygen atoms in total. The van der Waals surface area contributed by atoms with Crippen LogP contribution in [0.5, 0.6) is 0 Å². The van der Waals surface area contributed by atoms with Crippen LogP contribution in [0, 0.1) is 0 Å². The average molecular weight is 276 g/mol. The van der Waals surface area contributed by atoms with Crippen molar-refractivity contribution in [2.75, 3.05) is 32.8 Å². The van der Waals surface area contributed by atoms with E-state index in [0.29, 0.717) is 13.1 Å². The van der Waals surface area contributed by atoms with Crippen LogP contribution < -0.4 is 5.32 Å². The zero-order valence-corrected chi connectivity index (χ0v) is 11.9. The summed E-state index contributed by atoms with van der Waals surface area (Å²) < 4.78 is 32.3. The highest BCUT2D eigenvalue weighted by atomic mass is 32.2. The number of rotatable bonds is 5. The lowest BCUT2D eigenvalue weighted by atomic mass is 10.2. The molecule has 2 saturated heterocycles. The number of nitrogens with zero attached hydrogens (tertiary/aromatic N) is 1. The molecule has 0 spiro atoms. The van der Waals surface area contributed by atoms with E-state index in [9.17, 15) is 8.42 Å². The molecule has 0 radical (unpaired) electrons. The summed E-state index contributed by atoms with van der Waals surface area (Å²) in [5.74, 6) is 0. The Kier molecular flexibility index (Phi) is 5.00. The van der Waals surface area contributed by atoms with Crippen molar-refractivity contribution in [2.24, 2.45) is 0 Å². The Labute approximate surface area is 110 Å². The van der Waals surface area contributed by atoms with E-state index < -0.39 is 10.0 Å². The summed E-state index contributed by atoms with van der Waals surface area (Å²) in [6.07, 6.45) is 3.59. The van der Waals surface area contributed by atoms with Gasteiger partial charge < -0.3 is 10.1 Å². The Morgan fingerprint density at radius 3 is 2.56 bits per heavy atom. The van der Waals surface area contributed by atoms with Gasteiger partial charge in [0.2, 0.25) is 10.0 Å². The topological polar surface area (TPSA) is 58.6 Å². The van der Waals surface area contributed by atoms with Crippen LogP contribution in [0.2, 0.25) is 0 Å². The molecule has 0 amide bonds. The minimum atomic E-state index is -3.15. The lowest BCUT2D eigenvalue weighted by Crippen LogP contribution is -2.46. The predicted molar refractivity (Wildman–Crippen MR) is 71.0 cm³/mol. The summed E-state index contributed by atoms with van der Waals surface area (Å²) in [6.45, 7) is 5.38. The van der Waals surface area contributed by atoms with Crippen molar-refractivity contribution in [1.82, 2.24) is 9.62 Å².